The normalized spacial score (nSPS) is 31.1. The van der Waals surface area contributed by atoms with Gasteiger partial charge in [0, 0.05) is 22.4 Å². The Kier molecular flexibility index (Phi) is 2.64. The van der Waals surface area contributed by atoms with Gasteiger partial charge in [-0.2, -0.15) is 0 Å². The van der Waals surface area contributed by atoms with E-state index in [9.17, 15) is 9.90 Å². The highest BCUT2D eigenvalue weighted by atomic mass is 79.9. The molecule has 2 heterocycles. The van der Waals surface area contributed by atoms with Gasteiger partial charge in [0.25, 0.3) is 5.91 Å². The number of allylic oxidation sites excluding steroid dienone is 1. The van der Waals surface area contributed by atoms with Gasteiger partial charge in [-0.05, 0) is 32.0 Å². The molecule has 1 saturated heterocycles. The van der Waals surface area contributed by atoms with Gasteiger partial charge in [0.15, 0.2) is 5.72 Å². The first kappa shape index (κ1) is 12.5. The molecule has 1 aromatic rings. The number of ether oxygens (including phenoxy) is 1. The number of aliphatic hydroxyl groups is 1. The smallest absolute Gasteiger partial charge is 0.254 e. The second kappa shape index (κ2) is 4.00. The van der Waals surface area contributed by atoms with E-state index in [1.54, 1.807) is 6.92 Å². The molecule has 0 saturated carbocycles. The topological polar surface area (TPSA) is 58.6 Å². The molecule has 2 N–H and O–H groups in total. The molecule has 1 amide bonds. The Balaban J connectivity index is 2.22. The summed E-state index contributed by atoms with van der Waals surface area (Å²) < 4.78 is 6.82. The fraction of sp³-hybridized carbons (Fsp3) is 0.357. The molecule has 4 nitrogen and oxygen atoms in total. The van der Waals surface area contributed by atoms with E-state index in [-0.39, 0.29) is 17.6 Å². The summed E-state index contributed by atoms with van der Waals surface area (Å²) in [5, 5.41) is 12.6. The van der Waals surface area contributed by atoms with Crippen LogP contribution in [0.25, 0.3) is 0 Å². The molecule has 19 heavy (non-hydrogen) atoms. The molecular formula is C14H14BrNO3. The quantitative estimate of drug-likeness (QED) is 0.570. The first-order valence-electron chi connectivity index (χ1n) is 6.10. The number of amides is 1. The lowest BCUT2D eigenvalue weighted by Gasteiger charge is -2.45. The third-order valence-corrected chi connectivity index (χ3v) is 4.13. The van der Waals surface area contributed by atoms with E-state index >= 15 is 0 Å². The summed E-state index contributed by atoms with van der Waals surface area (Å²) in [6, 6.07) is 5.73. The maximum absolute atomic E-state index is 12.1. The summed E-state index contributed by atoms with van der Waals surface area (Å²) >= 11 is 3.43. The van der Waals surface area contributed by atoms with Crippen molar-refractivity contribution >= 4 is 21.8 Å². The predicted molar refractivity (Wildman–Crippen MR) is 74.0 cm³/mol. The van der Waals surface area contributed by atoms with E-state index in [0.29, 0.717) is 12.0 Å². The summed E-state index contributed by atoms with van der Waals surface area (Å²) in [6.07, 6.45) is 0.620. The Bertz CT molecular complexity index is 607. The van der Waals surface area contributed by atoms with Crippen molar-refractivity contribution < 1.29 is 14.6 Å². The van der Waals surface area contributed by atoms with E-state index in [0.717, 1.165) is 15.8 Å². The van der Waals surface area contributed by atoms with Gasteiger partial charge in [-0.3, -0.25) is 4.79 Å². The van der Waals surface area contributed by atoms with Gasteiger partial charge in [0.05, 0.1) is 11.3 Å². The van der Waals surface area contributed by atoms with Crippen molar-refractivity contribution in [3.05, 3.63) is 39.6 Å². The third kappa shape index (κ3) is 1.92. The number of rotatable bonds is 0. The lowest BCUT2D eigenvalue weighted by molar-refractivity contribution is -0.127. The van der Waals surface area contributed by atoms with Crippen LogP contribution >= 0.6 is 15.9 Å². The molecule has 3 rings (SSSR count). The number of benzene rings is 1. The summed E-state index contributed by atoms with van der Waals surface area (Å²) in [5.41, 5.74) is 0.659. The van der Waals surface area contributed by atoms with Crippen LogP contribution in [0.2, 0.25) is 0 Å². The average molecular weight is 324 g/mol. The largest absolute Gasteiger partial charge is 0.512 e. The number of piperidine rings is 1. The van der Waals surface area contributed by atoms with E-state index in [2.05, 4.69) is 21.2 Å². The Morgan fingerprint density at radius 1 is 1.58 bits per heavy atom. The van der Waals surface area contributed by atoms with Crippen LogP contribution in [0.5, 0.6) is 5.75 Å². The minimum absolute atomic E-state index is 0.0670. The van der Waals surface area contributed by atoms with Gasteiger partial charge in [0.1, 0.15) is 5.75 Å². The fourth-order valence-corrected chi connectivity index (χ4v) is 3.26. The summed E-state index contributed by atoms with van der Waals surface area (Å²) in [6.45, 7) is 3.40. The number of carbonyl (C=O) groups is 1. The van der Waals surface area contributed by atoms with Gasteiger partial charge in [-0.15, -0.1) is 0 Å². The summed E-state index contributed by atoms with van der Waals surface area (Å²) in [5.74, 6) is 0.424. The van der Waals surface area contributed by atoms with Crippen LogP contribution in [0.3, 0.4) is 0 Å². The Hall–Kier alpha value is -1.49. The lowest BCUT2D eigenvalue weighted by atomic mass is 9.78. The molecule has 1 fully saturated rings. The molecular weight excluding hydrogens is 310 g/mol. The first-order valence-corrected chi connectivity index (χ1v) is 6.90. The highest BCUT2D eigenvalue weighted by Gasteiger charge is 2.47. The molecule has 0 radical (unpaired) electrons. The average Bonchev–Trinajstić information content (AvgIpc) is 2.28. The highest BCUT2D eigenvalue weighted by molar-refractivity contribution is 9.10. The predicted octanol–water partition coefficient (Wildman–Crippen LogP) is 2.99. The maximum Gasteiger partial charge on any atom is 0.254 e. The van der Waals surface area contributed by atoms with Crippen molar-refractivity contribution in [2.24, 2.45) is 0 Å². The molecule has 1 aromatic carbocycles. The second-order valence-corrected chi connectivity index (χ2v) is 6.14. The van der Waals surface area contributed by atoms with Crippen LogP contribution in [0.4, 0.5) is 0 Å². The van der Waals surface area contributed by atoms with Gasteiger partial charge in [-0.1, -0.05) is 15.9 Å². The molecule has 2 aliphatic rings. The maximum atomic E-state index is 12.1. The van der Waals surface area contributed by atoms with Crippen molar-refractivity contribution in [1.29, 1.82) is 0 Å². The standard InChI is InChI=1S/C14H14BrNO3/c1-7(17)12-10-6-14(2,16-13(12)18)19-11-4-3-8(15)5-9(10)11/h3-5,10,17H,6H2,1-2H3,(H,16,18). The van der Waals surface area contributed by atoms with Gasteiger partial charge < -0.3 is 15.2 Å². The molecule has 2 unspecified atom stereocenters. The minimum atomic E-state index is -0.707. The number of aliphatic hydroxyl groups excluding tert-OH is 1. The van der Waals surface area contributed by atoms with E-state index in [1.165, 1.54) is 0 Å². The van der Waals surface area contributed by atoms with Crippen LogP contribution < -0.4 is 10.1 Å². The van der Waals surface area contributed by atoms with Crippen molar-refractivity contribution in [2.75, 3.05) is 0 Å². The third-order valence-electron chi connectivity index (χ3n) is 3.64. The highest BCUT2D eigenvalue weighted by Crippen LogP contribution is 2.47. The first-order chi connectivity index (χ1) is 8.89. The van der Waals surface area contributed by atoms with Crippen molar-refractivity contribution in [1.82, 2.24) is 5.32 Å². The number of halogens is 1. The molecule has 2 aliphatic heterocycles. The number of fused-ring (bicyclic) bond motifs is 4. The van der Waals surface area contributed by atoms with Crippen LogP contribution in [-0.2, 0) is 4.79 Å². The zero-order valence-corrected chi connectivity index (χ0v) is 12.2. The lowest BCUT2D eigenvalue weighted by Crippen LogP contribution is -2.58. The van der Waals surface area contributed by atoms with E-state index in [4.69, 9.17) is 4.74 Å². The molecule has 0 aromatic heterocycles. The summed E-state index contributed by atoms with van der Waals surface area (Å²) in [7, 11) is 0. The Morgan fingerprint density at radius 2 is 2.32 bits per heavy atom. The molecule has 0 aliphatic carbocycles. The molecule has 100 valence electrons. The number of carbonyl (C=O) groups excluding carboxylic acids is 1. The van der Waals surface area contributed by atoms with Gasteiger partial charge >= 0.3 is 0 Å². The number of nitrogens with one attached hydrogen (secondary N) is 1. The monoisotopic (exact) mass is 323 g/mol. The zero-order chi connectivity index (χ0) is 13.8. The van der Waals surface area contributed by atoms with Crippen molar-refractivity contribution in [2.45, 2.75) is 31.9 Å². The molecule has 0 spiro atoms. The minimum Gasteiger partial charge on any atom is -0.512 e. The Labute approximate surface area is 119 Å². The van der Waals surface area contributed by atoms with Crippen LogP contribution in [0.15, 0.2) is 34.0 Å². The molecule has 5 heteroatoms. The van der Waals surface area contributed by atoms with Crippen molar-refractivity contribution in [3.8, 4) is 5.75 Å². The zero-order valence-electron chi connectivity index (χ0n) is 10.7. The number of hydrogen-bond acceptors (Lipinski definition) is 3. The van der Waals surface area contributed by atoms with Crippen molar-refractivity contribution in [3.63, 3.8) is 0 Å². The number of hydrogen-bond donors (Lipinski definition) is 2. The molecule has 2 atom stereocenters. The van der Waals surface area contributed by atoms with Crippen LogP contribution in [0, 0.1) is 0 Å². The van der Waals surface area contributed by atoms with Crippen LogP contribution in [0.1, 0.15) is 31.7 Å². The summed E-state index contributed by atoms with van der Waals surface area (Å²) in [4.78, 5) is 12.1. The van der Waals surface area contributed by atoms with E-state index in [1.807, 2.05) is 25.1 Å². The second-order valence-electron chi connectivity index (χ2n) is 5.22. The van der Waals surface area contributed by atoms with Gasteiger partial charge in [-0.25, -0.2) is 0 Å². The Morgan fingerprint density at radius 3 is 3.00 bits per heavy atom. The molecule has 2 bridgehead atoms. The van der Waals surface area contributed by atoms with E-state index < -0.39 is 5.72 Å². The van der Waals surface area contributed by atoms with Gasteiger partial charge in [0.2, 0.25) is 0 Å². The van der Waals surface area contributed by atoms with Crippen LogP contribution in [-0.4, -0.2) is 16.7 Å². The SMILES string of the molecule is CC(O)=C1C(=O)NC2(C)CC1c1cc(Br)ccc1O2. The fourth-order valence-electron chi connectivity index (χ4n) is 2.88.